The summed E-state index contributed by atoms with van der Waals surface area (Å²) in [6, 6.07) is 4.67. The second-order valence-corrected chi connectivity index (χ2v) is 4.41. The van der Waals surface area contributed by atoms with Crippen molar-refractivity contribution in [2.24, 2.45) is 0 Å². The highest BCUT2D eigenvalue weighted by atomic mass is 19.1. The van der Waals surface area contributed by atoms with Gasteiger partial charge in [0.05, 0.1) is 17.9 Å². The van der Waals surface area contributed by atoms with Crippen LogP contribution >= 0.6 is 0 Å². The van der Waals surface area contributed by atoms with Crippen molar-refractivity contribution in [3.05, 3.63) is 29.6 Å². The summed E-state index contributed by atoms with van der Waals surface area (Å²) in [5.41, 5.74) is 0.973. The summed E-state index contributed by atoms with van der Waals surface area (Å²) >= 11 is 0. The van der Waals surface area contributed by atoms with Gasteiger partial charge in [0.2, 0.25) is 0 Å². The molecule has 0 aromatic heterocycles. The molecule has 2 unspecified atom stereocenters. The van der Waals surface area contributed by atoms with Crippen molar-refractivity contribution < 1.29 is 14.6 Å². The van der Waals surface area contributed by atoms with Crippen molar-refractivity contribution in [2.45, 2.75) is 32.5 Å². The molecule has 0 saturated carbocycles. The first-order valence-corrected chi connectivity index (χ1v) is 5.79. The maximum Gasteiger partial charge on any atom is 0.146 e. The van der Waals surface area contributed by atoms with E-state index < -0.39 is 12.2 Å². The fourth-order valence-corrected chi connectivity index (χ4v) is 1.76. The van der Waals surface area contributed by atoms with Crippen molar-refractivity contribution >= 4 is 5.69 Å². The van der Waals surface area contributed by atoms with Crippen molar-refractivity contribution in [3.63, 3.8) is 0 Å². The zero-order valence-electron chi connectivity index (χ0n) is 10.5. The summed E-state index contributed by atoms with van der Waals surface area (Å²) in [5, 5.41) is 18.8. The molecule has 0 aliphatic rings. The molecule has 3 nitrogen and oxygen atoms in total. The number of halogens is 1. The number of nitrogens with zero attached hydrogens (tertiary/aromatic N) is 1. The third-order valence-electron chi connectivity index (χ3n) is 2.73. The number of aliphatic hydroxyl groups is 2. The molecule has 1 rings (SSSR count). The largest absolute Gasteiger partial charge is 0.393 e. The number of anilines is 1. The van der Waals surface area contributed by atoms with E-state index in [1.807, 2.05) is 0 Å². The minimum absolute atomic E-state index is 0.350. The van der Waals surface area contributed by atoms with Crippen molar-refractivity contribution in [3.8, 4) is 0 Å². The number of aliphatic hydroxyl groups excluding tert-OH is 2. The smallest absolute Gasteiger partial charge is 0.146 e. The molecule has 1 aromatic carbocycles. The van der Waals surface area contributed by atoms with Gasteiger partial charge in [-0.2, -0.15) is 0 Å². The summed E-state index contributed by atoms with van der Waals surface area (Å²) in [5.74, 6) is -0.350. The Bertz CT molecular complexity index is 366. The van der Waals surface area contributed by atoms with Crippen LogP contribution in [0.2, 0.25) is 0 Å². The molecule has 4 heteroatoms. The monoisotopic (exact) mass is 241 g/mol. The highest BCUT2D eigenvalue weighted by Gasteiger charge is 2.16. The van der Waals surface area contributed by atoms with Gasteiger partial charge in [-0.15, -0.1) is 0 Å². The van der Waals surface area contributed by atoms with Gasteiger partial charge >= 0.3 is 0 Å². The Kier molecular flexibility index (Phi) is 4.90. The van der Waals surface area contributed by atoms with E-state index >= 15 is 0 Å². The van der Waals surface area contributed by atoms with E-state index in [1.54, 1.807) is 37.9 Å². The van der Waals surface area contributed by atoms with E-state index in [-0.39, 0.29) is 5.82 Å². The molecule has 0 amide bonds. The zero-order chi connectivity index (χ0) is 13.0. The molecule has 17 heavy (non-hydrogen) atoms. The van der Waals surface area contributed by atoms with Crippen LogP contribution in [-0.2, 0) is 0 Å². The molecule has 0 aliphatic carbocycles. The number of rotatable bonds is 5. The standard InChI is InChI=1S/C13H20FNO2/c1-9(16)7-8-15(3)13-11(10(2)17)5-4-6-12(13)14/h4-6,9-10,16-17H,7-8H2,1-3H3. The Labute approximate surface area is 101 Å². The molecule has 1 aromatic rings. The second kappa shape index (κ2) is 5.98. The third kappa shape index (κ3) is 3.68. The lowest BCUT2D eigenvalue weighted by atomic mass is 10.1. The van der Waals surface area contributed by atoms with E-state index in [0.717, 1.165) is 0 Å². The Morgan fingerprint density at radius 1 is 1.29 bits per heavy atom. The van der Waals surface area contributed by atoms with Crippen LogP contribution in [-0.4, -0.2) is 29.9 Å². The summed E-state index contributed by atoms with van der Waals surface area (Å²) in [4.78, 5) is 1.73. The Morgan fingerprint density at radius 3 is 2.47 bits per heavy atom. The predicted molar refractivity (Wildman–Crippen MR) is 66.6 cm³/mol. The van der Waals surface area contributed by atoms with Crippen LogP contribution in [0.1, 0.15) is 31.9 Å². The minimum atomic E-state index is -0.713. The average molecular weight is 241 g/mol. The molecule has 0 spiro atoms. The van der Waals surface area contributed by atoms with Crippen LogP contribution in [0.5, 0.6) is 0 Å². The van der Waals surface area contributed by atoms with Crippen LogP contribution in [0, 0.1) is 5.82 Å². The topological polar surface area (TPSA) is 43.7 Å². The van der Waals surface area contributed by atoms with E-state index in [9.17, 15) is 14.6 Å². The molecule has 0 radical (unpaired) electrons. The molecule has 0 aliphatic heterocycles. The van der Waals surface area contributed by atoms with Gasteiger partial charge in [0.15, 0.2) is 0 Å². The Balaban J connectivity index is 2.94. The summed E-state index contributed by atoms with van der Waals surface area (Å²) in [6.45, 7) is 3.85. The van der Waals surface area contributed by atoms with E-state index in [4.69, 9.17) is 0 Å². The SMILES string of the molecule is CC(O)CCN(C)c1c(F)cccc1C(C)O. The second-order valence-electron chi connectivity index (χ2n) is 4.41. The maximum atomic E-state index is 13.8. The Hall–Kier alpha value is -1.13. The highest BCUT2D eigenvalue weighted by Crippen LogP contribution is 2.28. The van der Waals surface area contributed by atoms with E-state index in [2.05, 4.69) is 0 Å². The van der Waals surface area contributed by atoms with Gasteiger partial charge < -0.3 is 15.1 Å². The van der Waals surface area contributed by atoms with Gasteiger partial charge in [-0.25, -0.2) is 4.39 Å². The van der Waals surface area contributed by atoms with Crippen LogP contribution in [0.25, 0.3) is 0 Å². The maximum absolute atomic E-state index is 13.8. The fraction of sp³-hybridized carbons (Fsp3) is 0.538. The van der Waals surface area contributed by atoms with Crippen LogP contribution in [0.3, 0.4) is 0 Å². The lowest BCUT2D eigenvalue weighted by molar-refractivity contribution is 0.186. The first kappa shape index (κ1) is 13.9. The molecule has 0 heterocycles. The number of hydrogen-bond acceptors (Lipinski definition) is 3. The molecule has 0 saturated heterocycles. The van der Waals surface area contributed by atoms with Crippen LogP contribution in [0.4, 0.5) is 10.1 Å². The zero-order valence-corrected chi connectivity index (χ0v) is 10.5. The lowest BCUT2D eigenvalue weighted by Crippen LogP contribution is -2.24. The molecule has 96 valence electrons. The third-order valence-corrected chi connectivity index (χ3v) is 2.73. The van der Waals surface area contributed by atoms with Gasteiger partial charge in [0.25, 0.3) is 0 Å². The summed E-state index contributed by atoms with van der Waals surface area (Å²) in [7, 11) is 1.76. The summed E-state index contributed by atoms with van der Waals surface area (Å²) < 4.78 is 13.8. The van der Waals surface area contributed by atoms with Crippen molar-refractivity contribution in [1.29, 1.82) is 0 Å². The average Bonchev–Trinajstić information content (AvgIpc) is 2.25. The van der Waals surface area contributed by atoms with E-state index in [0.29, 0.717) is 24.2 Å². The summed E-state index contributed by atoms with van der Waals surface area (Å²) in [6.07, 6.45) is -0.571. The lowest BCUT2D eigenvalue weighted by Gasteiger charge is -2.24. The first-order chi connectivity index (χ1) is 7.93. The number of benzene rings is 1. The van der Waals surface area contributed by atoms with Gasteiger partial charge in [0.1, 0.15) is 5.82 Å². The van der Waals surface area contributed by atoms with Crippen molar-refractivity contribution in [2.75, 3.05) is 18.5 Å². The predicted octanol–water partition coefficient (Wildman–Crippen LogP) is 2.09. The first-order valence-electron chi connectivity index (χ1n) is 5.79. The van der Waals surface area contributed by atoms with Gasteiger partial charge in [0, 0.05) is 19.2 Å². The van der Waals surface area contributed by atoms with Gasteiger partial charge in [-0.05, 0) is 26.3 Å². The minimum Gasteiger partial charge on any atom is -0.393 e. The highest BCUT2D eigenvalue weighted by molar-refractivity contribution is 5.55. The molecule has 2 N–H and O–H groups in total. The number of para-hydroxylation sites is 1. The van der Waals surface area contributed by atoms with E-state index in [1.165, 1.54) is 6.07 Å². The molecule has 0 bridgehead atoms. The van der Waals surface area contributed by atoms with Crippen LogP contribution in [0.15, 0.2) is 18.2 Å². The van der Waals surface area contributed by atoms with Crippen molar-refractivity contribution in [1.82, 2.24) is 0 Å². The number of hydrogen-bond donors (Lipinski definition) is 2. The van der Waals surface area contributed by atoms with Gasteiger partial charge in [-0.1, -0.05) is 12.1 Å². The molecular weight excluding hydrogens is 221 g/mol. The fourth-order valence-electron chi connectivity index (χ4n) is 1.76. The molecule has 0 fully saturated rings. The molecule has 2 atom stereocenters. The van der Waals surface area contributed by atoms with Crippen LogP contribution < -0.4 is 4.90 Å². The molecular formula is C13H20FNO2. The Morgan fingerprint density at radius 2 is 1.94 bits per heavy atom. The normalized spacial score (nSPS) is 14.5. The quantitative estimate of drug-likeness (QED) is 0.829. The van der Waals surface area contributed by atoms with Gasteiger partial charge in [-0.3, -0.25) is 0 Å².